The number of rotatable bonds is 19. The van der Waals surface area contributed by atoms with Crippen LogP contribution in [0.1, 0.15) is 111 Å². The maximum Gasteiger partial charge on any atom is 0.254 e. The van der Waals surface area contributed by atoms with Gasteiger partial charge in [0.1, 0.15) is 35.2 Å². The molecule has 0 saturated heterocycles. The molecule has 2 aliphatic carbocycles. The third-order valence-corrected chi connectivity index (χ3v) is 12.0. The molecule has 1 saturated carbocycles. The fraction of sp³-hybridized carbons (Fsp3) is 0.490. The summed E-state index contributed by atoms with van der Waals surface area (Å²) < 4.78 is 32.2. The van der Waals surface area contributed by atoms with Crippen LogP contribution < -0.4 is 18.9 Å². The summed E-state index contributed by atoms with van der Waals surface area (Å²) in [6, 6.07) is 17.4. The van der Waals surface area contributed by atoms with Gasteiger partial charge < -0.3 is 43.6 Å². The third-order valence-electron chi connectivity index (χ3n) is 12.0. The molecule has 2 heterocycles. The number of carbonyl (C=O) groups excluding carboxylic acids is 2. The summed E-state index contributed by atoms with van der Waals surface area (Å²) in [5.41, 5.74) is 2.95. The van der Waals surface area contributed by atoms with Crippen molar-refractivity contribution in [2.75, 3.05) is 33.2 Å². The van der Waals surface area contributed by atoms with Crippen molar-refractivity contribution in [2.24, 2.45) is 22.9 Å². The second-order valence-electron chi connectivity index (χ2n) is 17.3. The lowest BCUT2D eigenvalue weighted by Crippen LogP contribution is -2.70. The summed E-state index contributed by atoms with van der Waals surface area (Å²) >= 11 is 0. The Bertz CT molecular complexity index is 2110. The lowest BCUT2D eigenvalue weighted by molar-refractivity contribution is -0.254. The van der Waals surface area contributed by atoms with Crippen LogP contribution in [0.15, 0.2) is 90.1 Å². The average molecular weight is 837 g/mol. The van der Waals surface area contributed by atoms with Gasteiger partial charge >= 0.3 is 0 Å². The molecule has 12 nitrogen and oxygen atoms in total. The van der Waals surface area contributed by atoms with Crippen molar-refractivity contribution in [3.05, 3.63) is 102 Å². The highest BCUT2D eigenvalue weighted by Crippen LogP contribution is 2.62. The minimum atomic E-state index is -1.41. The molecule has 6 atom stereocenters. The van der Waals surface area contributed by atoms with E-state index >= 15 is 4.79 Å². The Balaban J connectivity index is 1.45. The Kier molecular flexibility index (Phi) is 13.9. The Hall–Kier alpha value is -5.17. The number of aliphatic hydroxyl groups excluding tert-OH is 2. The summed E-state index contributed by atoms with van der Waals surface area (Å²) in [6.07, 6.45) is 10.3. The van der Waals surface area contributed by atoms with E-state index in [1.165, 1.54) is 0 Å². The molecule has 7 rings (SSSR count). The van der Waals surface area contributed by atoms with E-state index in [9.17, 15) is 15.0 Å². The lowest BCUT2D eigenvalue weighted by Gasteiger charge is -2.60. The van der Waals surface area contributed by atoms with Gasteiger partial charge in [0.2, 0.25) is 12.6 Å². The zero-order valence-electron chi connectivity index (χ0n) is 35.8. The Morgan fingerprint density at radius 3 is 2.46 bits per heavy atom. The number of nitrogens with zero attached hydrogens (tertiary/aromatic N) is 2. The Morgan fingerprint density at radius 1 is 0.967 bits per heavy atom. The second-order valence-corrected chi connectivity index (χ2v) is 17.3. The molecule has 2 aliphatic heterocycles. The highest BCUT2D eigenvalue weighted by Gasteiger charge is 2.65. The van der Waals surface area contributed by atoms with Crippen molar-refractivity contribution in [2.45, 2.75) is 102 Å². The number of oxime groups is 1. The predicted octanol–water partition coefficient (Wildman–Crippen LogP) is 9.00. The van der Waals surface area contributed by atoms with Gasteiger partial charge in [-0.05, 0) is 119 Å². The first-order valence-electron chi connectivity index (χ1n) is 21.7. The average Bonchev–Trinajstić information content (AvgIpc) is 3.73. The summed E-state index contributed by atoms with van der Waals surface area (Å²) in [5.74, 6) is 0.591. The van der Waals surface area contributed by atoms with E-state index in [2.05, 4.69) is 12.7 Å². The lowest BCUT2D eigenvalue weighted by atomic mass is 9.55. The molecule has 2 N–H and O–H groups in total. The maximum atomic E-state index is 15.1. The van der Waals surface area contributed by atoms with Gasteiger partial charge in [0.15, 0.2) is 11.5 Å². The molecule has 3 aromatic rings. The van der Waals surface area contributed by atoms with E-state index in [0.717, 1.165) is 48.8 Å². The number of hydrogen-bond donors (Lipinski definition) is 2. The Morgan fingerprint density at radius 2 is 1.72 bits per heavy atom. The molecule has 4 aliphatic rings. The largest absolute Gasteiger partial charge is 0.459 e. The van der Waals surface area contributed by atoms with Gasteiger partial charge in [0.05, 0.1) is 18.2 Å². The molecular weight excluding hydrogens is 777 g/mol. The second kappa shape index (κ2) is 19.3. The molecule has 3 aromatic carbocycles. The van der Waals surface area contributed by atoms with Crippen molar-refractivity contribution < 1.29 is 48.3 Å². The molecule has 1 fully saturated rings. The van der Waals surface area contributed by atoms with Crippen LogP contribution >= 0.6 is 0 Å². The normalized spacial score (nSPS) is 24.2. The molecule has 61 heavy (non-hydrogen) atoms. The SMILES string of the molecule is C=CCOC12Oc3ccc(Oc4cccc(C=O)c4)cc3C3C(CCCCO)C(CCCCO)C=C(C(=NOC(C)(C)C)CC1N(CCC)C(=O)c1ccc4c(c1)OCO4)C32. The van der Waals surface area contributed by atoms with E-state index in [1.807, 2.05) is 56.9 Å². The van der Waals surface area contributed by atoms with Crippen LogP contribution in [-0.4, -0.2) is 83.6 Å². The van der Waals surface area contributed by atoms with Gasteiger partial charge in [-0.1, -0.05) is 49.2 Å². The quantitative estimate of drug-likeness (QED) is 0.0519. The molecular formula is C49H60N2O10. The summed E-state index contributed by atoms with van der Waals surface area (Å²) in [7, 11) is 0. The first-order valence-corrected chi connectivity index (χ1v) is 21.7. The smallest absolute Gasteiger partial charge is 0.254 e. The number of unbranched alkanes of at least 4 members (excludes halogenated alkanes) is 2. The van der Waals surface area contributed by atoms with Crippen molar-refractivity contribution in [3.8, 4) is 28.7 Å². The van der Waals surface area contributed by atoms with Crippen molar-refractivity contribution in [1.82, 2.24) is 4.90 Å². The molecule has 0 bridgehead atoms. The zero-order valence-corrected chi connectivity index (χ0v) is 35.8. The van der Waals surface area contributed by atoms with Gasteiger partial charge in [0.25, 0.3) is 5.91 Å². The van der Waals surface area contributed by atoms with Crippen molar-refractivity contribution >= 4 is 17.9 Å². The number of allylic oxidation sites excluding steroid dienone is 1. The molecule has 6 unspecified atom stereocenters. The molecule has 1 amide bonds. The van der Waals surface area contributed by atoms with E-state index in [1.54, 1.807) is 42.5 Å². The van der Waals surface area contributed by atoms with Crippen molar-refractivity contribution in [1.29, 1.82) is 0 Å². The number of amides is 1. The van der Waals surface area contributed by atoms with Crippen LogP contribution in [0, 0.1) is 17.8 Å². The molecule has 326 valence electrons. The number of aldehydes is 1. The van der Waals surface area contributed by atoms with Crippen LogP contribution in [0.2, 0.25) is 0 Å². The molecule has 0 radical (unpaired) electrons. The first-order chi connectivity index (χ1) is 29.5. The Labute approximate surface area is 359 Å². The van der Waals surface area contributed by atoms with E-state index in [0.29, 0.717) is 65.7 Å². The van der Waals surface area contributed by atoms with E-state index in [-0.39, 0.29) is 56.7 Å². The van der Waals surface area contributed by atoms with E-state index < -0.39 is 23.3 Å². The number of aliphatic hydroxyl groups is 2. The minimum absolute atomic E-state index is 0.0368. The van der Waals surface area contributed by atoms with Crippen LogP contribution in [0.3, 0.4) is 0 Å². The first kappa shape index (κ1) is 43.9. The number of hydrogen-bond acceptors (Lipinski definition) is 11. The predicted molar refractivity (Wildman–Crippen MR) is 232 cm³/mol. The maximum absolute atomic E-state index is 15.1. The van der Waals surface area contributed by atoms with Gasteiger partial charge in [-0.2, -0.15) is 0 Å². The van der Waals surface area contributed by atoms with Crippen LogP contribution in [0.4, 0.5) is 0 Å². The van der Waals surface area contributed by atoms with Gasteiger partial charge in [-0.25, -0.2) is 0 Å². The fourth-order valence-electron chi connectivity index (χ4n) is 9.53. The summed E-state index contributed by atoms with van der Waals surface area (Å²) in [5, 5.41) is 24.8. The molecule has 12 heteroatoms. The number of benzene rings is 3. The van der Waals surface area contributed by atoms with Crippen LogP contribution in [-0.2, 0) is 9.57 Å². The number of ether oxygens (including phenoxy) is 5. The zero-order chi connectivity index (χ0) is 43.1. The van der Waals surface area contributed by atoms with Crippen LogP contribution in [0.5, 0.6) is 28.7 Å². The van der Waals surface area contributed by atoms with Crippen LogP contribution in [0.25, 0.3) is 0 Å². The standard InChI is InChI=1S/C49H60N2O10/c1-6-21-51(47(55)34-17-19-42-43(27-34)57-31-56-42)44-29-40(50-61-48(3,4)5)38-26-33(14-8-10-22-52)37(16-9-11-23-53)45-39-28-36(59-35-15-12-13-32(25-35)30-54)18-20-41(39)60-49(44,46(38)45)58-24-7-2/h7,12-13,15,17-20,25-28,30,33,37,44-46,52-53H,2,6,8-11,14,16,21-24,29,31H2,1,3-5H3. The highest BCUT2D eigenvalue weighted by molar-refractivity contribution is 6.03. The van der Waals surface area contributed by atoms with Gasteiger partial charge in [-0.3, -0.25) is 9.59 Å². The van der Waals surface area contributed by atoms with Crippen molar-refractivity contribution in [3.63, 3.8) is 0 Å². The summed E-state index contributed by atoms with van der Waals surface area (Å²) in [6.45, 7) is 12.8. The number of fused-ring (bicyclic) bond motifs is 3. The van der Waals surface area contributed by atoms with Gasteiger partial charge in [0, 0.05) is 48.8 Å². The number of carbonyl (C=O) groups is 2. The van der Waals surface area contributed by atoms with Gasteiger partial charge in [-0.15, -0.1) is 6.58 Å². The summed E-state index contributed by atoms with van der Waals surface area (Å²) in [4.78, 5) is 34.9. The minimum Gasteiger partial charge on any atom is -0.459 e. The molecule has 0 aromatic heterocycles. The van der Waals surface area contributed by atoms with E-state index in [4.69, 9.17) is 33.7 Å². The topological polar surface area (TPSA) is 146 Å². The fourth-order valence-corrected chi connectivity index (χ4v) is 9.53. The highest BCUT2D eigenvalue weighted by atomic mass is 16.7. The monoisotopic (exact) mass is 836 g/mol. The molecule has 0 spiro atoms. The third kappa shape index (κ3) is 9.37.